The summed E-state index contributed by atoms with van der Waals surface area (Å²) < 4.78 is 10.7. The van der Waals surface area contributed by atoms with Crippen LogP contribution in [0.3, 0.4) is 0 Å². The van der Waals surface area contributed by atoms with Gasteiger partial charge in [-0.15, -0.1) is 0 Å². The van der Waals surface area contributed by atoms with Crippen molar-refractivity contribution in [2.45, 2.75) is 31.8 Å². The van der Waals surface area contributed by atoms with Gasteiger partial charge in [0.2, 0.25) is 18.6 Å². The second kappa shape index (κ2) is 7.58. The lowest BCUT2D eigenvalue weighted by atomic mass is 9.84. The molecule has 7 nitrogen and oxygen atoms in total. The van der Waals surface area contributed by atoms with Crippen LogP contribution < -0.4 is 14.8 Å². The molecule has 29 heavy (non-hydrogen) atoms. The topological polar surface area (TPSA) is 84.9 Å². The Balaban J connectivity index is 1.76. The Morgan fingerprint density at radius 1 is 1.00 bits per heavy atom. The minimum atomic E-state index is -0.730. The monoisotopic (exact) mass is 394 g/mol. The van der Waals surface area contributed by atoms with Gasteiger partial charge in [-0.3, -0.25) is 14.4 Å². The molecule has 150 valence electrons. The van der Waals surface area contributed by atoms with E-state index in [0.717, 1.165) is 5.56 Å². The number of ether oxygens (including phenoxy) is 2. The summed E-state index contributed by atoms with van der Waals surface area (Å²) in [6, 6.07) is 13.4. The molecule has 0 bridgehead atoms. The first-order chi connectivity index (χ1) is 14.0. The van der Waals surface area contributed by atoms with E-state index >= 15 is 0 Å². The molecule has 2 aromatic carbocycles. The van der Waals surface area contributed by atoms with Crippen molar-refractivity contribution < 1.29 is 23.9 Å². The average Bonchev–Trinajstić information content (AvgIpc) is 3.31. The van der Waals surface area contributed by atoms with Crippen molar-refractivity contribution in [3.63, 3.8) is 0 Å². The third-order valence-corrected chi connectivity index (χ3v) is 5.41. The first kappa shape index (κ1) is 19.0. The number of hydrogen-bond donors (Lipinski definition) is 1. The summed E-state index contributed by atoms with van der Waals surface area (Å²) >= 11 is 0. The van der Waals surface area contributed by atoms with Crippen molar-refractivity contribution in [2.75, 3.05) is 13.3 Å². The van der Waals surface area contributed by atoms with E-state index in [-0.39, 0.29) is 42.9 Å². The minimum absolute atomic E-state index is 0.118. The molecule has 0 aromatic heterocycles. The number of benzene rings is 2. The van der Waals surface area contributed by atoms with Gasteiger partial charge in [0, 0.05) is 31.9 Å². The third-order valence-electron chi connectivity index (χ3n) is 5.41. The molecule has 0 aliphatic carbocycles. The molecule has 0 spiro atoms. The Morgan fingerprint density at radius 2 is 1.72 bits per heavy atom. The van der Waals surface area contributed by atoms with Gasteiger partial charge in [-0.2, -0.15) is 0 Å². The van der Waals surface area contributed by atoms with E-state index in [0.29, 0.717) is 17.1 Å². The fourth-order valence-corrected chi connectivity index (χ4v) is 4.19. The number of carbonyl (C=O) groups excluding carboxylic acids is 3. The van der Waals surface area contributed by atoms with E-state index in [4.69, 9.17) is 9.47 Å². The van der Waals surface area contributed by atoms with Gasteiger partial charge in [0.15, 0.2) is 17.3 Å². The predicted molar refractivity (Wildman–Crippen MR) is 105 cm³/mol. The van der Waals surface area contributed by atoms with Crippen LogP contribution in [-0.4, -0.2) is 47.9 Å². The normalized spacial score (nSPS) is 22.4. The highest BCUT2D eigenvalue weighted by Gasteiger charge is 2.48. The van der Waals surface area contributed by atoms with Crippen molar-refractivity contribution in [3.8, 4) is 11.5 Å². The smallest absolute Gasteiger partial charge is 0.231 e. The van der Waals surface area contributed by atoms with E-state index in [1.165, 1.54) is 13.8 Å². The van der Waals surface area contributed by atoms with Crippen LogP contribution in [0.25, 0.3) is 0 Å². The number of amides is 2. The van der Waals surface area contributed by atoms with Gasteiger partial charge >= 0.3 is 0 Å². The second-order valence-electron chi connectivity index (χ2n) is 7.29. The lowest BCUT2D eigenvalue weighted by Crippen LogP contribution is -2.42. The molecule has 3 atom stereocenters. The number of ketones is 1. The maximum atomic E-state index is 13.6. The van der Waals surface area contributed by atoms with Crippen LogP contribution in [0.1, 0.15) is 35.7 Å². The fourth-order valence-electron chi connectivity index (χ4n) is 4.19. The zero-order valence-electron chi connectivity index (χ0n) is 16.3. The van der Waals surface area contributed by atoms with Gasteiger partial charge in [-0.05, 0) is 23.8 Å². The molecule has 7 heteroatoms. The minimum Gasteiger partial charge on any atom is -0.454 e. The number of nitrogens with one attached hydrogen (secondary N) is 1. The largest absolute Gasteiger partial charge is 0.454 e. The highest BCUT2D eigenvalue weighted by atomic mass is 16.7. The van der Waals surface area contributed by atoms with Crippen molar-refractivity contribution >= 4 is 17.6 Å². The van der Waals surface area contributed by atoms with Crippen molar-refractivity contribution in [2.24, 2.45) is 0 Å². The van der Waals surface area contributed by atoms with Crippen LogP contribution in [0.2, 0.25) is 0 Å². The Kier molecular flexibility index (Phi) is 4.96. The molecule has 0 saturated carbocycles. The molecular formula is C22H22N2O5. The molecule has 2 heterocycles. The Hall–Kier alpha value is -3.35. The van der Waals surface area contributed by atoms with E-state index in [2.05, 4.69) is 5.32 Å². The van der Waals surface area contributed by atoms with Gasteiger partial charge in [0.1, 0.15) is 6.04 Å². The van der Waals surface area contributed by atoms with Crippen molar-refractivity contribution in [3.05, 3.63) is 59.7 Å². The average molecular weight is 394 g/mol. The maximum absolute atomic E-state index is 13.6. The van der Waals surface area contributed by atoms with Crippen LogP contribution >= 0.6 is 0 Å². The Labute approximate surface area is 168 Å². The molecule has 3 unspecified atom stereocenters. The molecule has 4 rings (SSSR count). The van der Waals surface area contributed by atoms with Gasteiger partial charge in [-0.1, -0.05) is 30.3 Å². The van der Waals surface area contributed by atoms with Crippen molar-refractivity contribution in [1.82, 2.24) is 10.2 Å². The van der Waals surface area contributed by atoms with Gasteiger partial charge in [0.05, 0.1) is 6.04 Å². The van der Waals surface area contributed by atoms with Crippen LogP contribution in [0.5, 0.6) is 11.5 Å². The maximum Gasteiger partial charge on any atom is 0.231 e. The molecule has 2 aromatic rings. The quantitative estimate of drug-likeness (QED) is 0.803. The number of nitrogens with zero attached hydrogens (tertiary/aromatic N) is 1. The number of fused-ring (bicyclic) bond motifs is 1. The summed E-state index contributed by atoms with van der Waals surface area (Å²) in [6.45, 7) is 3.27. The summed E-state index contributed by atoms with van der Waals surface area (Å²) in [7, 11) is 0. The summed E-state index contributed by atoms with van der Waals surface area (Å²) in [4.78, 5) is 39.3. The highest BCUT2D eigenvalue weighted by molar-refractivity contribution is 6.03. The summed E-state index contributed by atoms with van der Waals surface area (Å²) in [6.07, 6.45) is 0. The van der Waals surface area contributed by atoms with E-state index in [9.17, 15) is 14.4 Å². The number of Topliss-reactive ketones (excluding diaryl/α,β-unsaturated/α-hetero) is 1. The summed E-state index contributed by atoms with van der Waals surface area (Å²) in [5.41, 5.74) is 1.34. The molecule has 2 aliphatic rings. The Morgan fingerprint density at radius 3 is 2.41 bits per heavy atom. The first-order valence-corrected chi connectivity index (χ1v) is 9.49. The molecule has 1 fully saturated rings. The summed E-state index contributed by atoms with van der Waals surface area (Å²) in [5.74, 6) is 0.139. The van der Waals surface area contributed by atoms with Gasteiger partial charge < -0.3 is 19.7 Å². The number of rotatable bonds is 4. The predicted octanol–water partition coefficient (Wildman–Crippen LogP) is 2.12. The van der Waals surface area contributed by atoms with Crippen LogP contribution in [-0.2, 0) is 9.59 Å². The highest BCUT2D eigenvalue weighted by Crippen LogP contribution is 2.38. The molecule has 2 aliphatic heterocycles. The number of hydrogen-bond acceptors (Lipinski definition) is 5. The SMILES string of the molecule is CC(=O)NC1CN(C(C)=O)C(C(=O)c2ccc3c(c2)OCO3)C1c1ccccc1. The zero-order chi connectivity index (χ0) is 20.5. The molecule has 2 amide bonds. The van der Waals surface area contributed by atoms with Crippen LogP contribution in [0.4, 0.5) is 0 Å². The van der Waals surface area contributed by atoms with Crippen molar-refractivity contribution in [1.29, 1.82) is 0 Å². The standard InChI is InChI=1S/C22H22N2O5/c1-13(25)23-17-11-24(14(2)26)21(20(17)15-6-4-3-5-7-15)22(27)16-8-9-18-19(10-16)29-12-28-18/h3-10,17,20-21H,11-12H2,1-2H3,(H,23,25). The van der Waals surface area contributed by atoms with Gasteiger partial charge in [0.25, 0.3) is 0 Å². The first-order valence-electron chi connectivity index (χ1n) is 9.49. The lowest BCUT2D eigenvalue weighted by Gasteiger charge is -2.27. The molecule has 1 saturated heterocycles. The van der Waals surface area contributed by atoms with Gasteiger partial charge in [-0.25, -0.2) is 0 Å². The zero-order valence-corrected chi connectivity index (χ0v) is 16.3. The number of carbonyl (C=O) groups is 3. The van der Waals surface area contributed by atoms with Crippen LogP contribution in [0, 0.1) is 0 Å². The molecular weight excluding hydrogens is 372 g/mol. The fraction of sp³-hybridized carbons (Fsp3) is 0.318. The lowest BCUT2D eigenvalue weighted by molar-refractivity contribution is -0.129. The van der Waals surface area contributed by atoms with E-state index in [1.807, 2.05) is 30.3 Å². The van der Waals surface area contributed by atoms with E-state index in [1.54, 1.807) is 23.1 Å². The van der Waals surface area contributed by atoms with Crippen LogP contribution in [0.15, 0.2) is 48.5 Å². The molecule has 0 radical (unpaired) electrons. The third kappa shape index (κ3) is 3.55. The second-order valence-corrected chi connectivity index (χ2v) is 7.29. The summed E-state index contributed by atoms with van der Waals surface area (Å²) in [5, 5.41) is 2.92. The number of likely N-dealkylation sites (tertiary alicyclic amines) is 1. The van der Waals surface area contributed by atoms with E-state index < -0.39 is 6.04 Å². The Bertz CT molecular complexity index is 959. The molecule has 1 N–H and O–H groups in total.